The van der Waals surface area contributed by atoms with Gasteiger partial charge in [-0.15, -0.1) is 0 Å². The van der Waals surface area contributed by atoms with Gasteiger partial charge in [0.1, 0.15) is 6.04 Å². The van der Waals surface area contributed by atoms with Crippen molar-refractivity contribution in [3.8, 4) is 5.69 Å². The highest BCUT2D eigenvalue weighted by atomic mass is 16.2. The molecule has 29 heavy (non-hydrogen) atoms. The second-order valence-electron chi connectivity index (χ2n) is 7.68. The maximum absolute atomic E-state index is 13.3. The fourth-order valence-electron chi connectivity index (χ4n) is 3.95. The Morgan fingerprint density at radius 1 is 0.966 bits per heavy atom. The highest BCUT2D eigenvalue weighted by Crippen LogP contribution is 2.24. The lowest BCUT2D eigenvalue weighted by Gasteiger charge is -2.32. The van der Waals surface area contributed by atoms with Gasteiger partial charge in [-0.2, -0.15) is 0 Å². The van der Waals surface area contributed by atoms with Gasteiger partial charge in [-0.3, -0.25) is 10.1 Å². The molecule has 1 saturated heterocycles. The summed E-state index contributed by atoms with van der Waals surface area (Å²) in [6.45, 7) is 3.83. The molecule has 1 amide bonds. The number of likely N-dealkylation sites (tertiary alicyclic amines) is 1. The molecule has 2 unspecified atom stereocenters. The Balaban J connectivity index is 1.52. The fourth-order valence-corrected chi connectivity index (χ4v) is 3.95. The molecule has 0 spiro atoms. The van der Waals surface area contributed by atoms with Gasteiger partial charge in [0.15, 0.2) is 0 Å². The average Bonchev–Trinajstić information content (AvgIpc) is 3.33. The van der Waals surface area contributed by atoms with Crippen LogP contribution in [0.1, 0.15) is 49.4 Å². The number of nitrogens with zero attached hydrogens (tertiary/aromatic N) is 3. The van der Waals surface area contributed by atoms with E-state index in [1.54, 1.807) is 12.5 Å². The van der Waals surface area contributed by atoms with Crippen molar-refractivity contribution in [2.24, 2.45) is 0 Å². The first-order valence-electron chi connectivity index (χ1n) is 10.4. The van der Waals surface area contributed by atoms with Crippen LogP contribution in [-0.2, 0) is 4.79 Å². The minimum absolute atomic E-state index is 0.0470. The van der Waals surface area contributed by atoms with Crippen LogP contribution in [0.25, 0.3) is 5.69 Å². The number of rotatable bonds is 6. The normalized spacial score (nSPS) is 16.4. The van der Waals surface area contributed by atoms with Gasteiger partial charge < -0.3 is 9.47 Å². The zero-order chi connectivity index (χ0) is 20.1. The van der Waals surface area contributed by atoms with Gasteiger partial charge in [-0.25, -0.2) is 4.98 Å². The van der Waals surface area contributed by atoms with Crippen LogP contribution < -0.4 is 5.32 Å². The Morgan fingerprint density at radius 2 is 1.69 bits per heavy atom. The van der Waals surface area contributed by atoms with E-state index >= 15 is 0 Å². The highest BCUT2D eigenvalue weighted by molar-refractivity contribution is 5.83. The first kappa shape index (κ1) is 19.4. The Kier molecular flexibility index (Phi) is 6.06. The Hall–Kier alpha value is -2.92. The smallest absolute Gasteiger partial charge is 0.244 e. The van der Waals surface area contributed by atoms with Gasteiger partial charge in [-0.05, 0) is 49.4 Å². The molecule has 1 N–H and O–H groups in total. The monoisotopic (exact) mass is 388 g/mol. The van der Waals surface area contributed by atoms with E-state index in [2.05, 4.69) is 41.5 Å². The Labute approximate surface area is 172 Å². The molecule has 0 bridgehead atoms. The summed E-state index contributed by atoms with van der Waals surface area (Å²) in [4.78, 5) is 19.4. The van der Waals surface area contributed by atoms with Crippen LogP contribution >= 0.6 is 0 Å². The lowest BCUT2D eigenvalue weighted by molar-refractivity contribution is -0.134. The van der Waals surface area contributed by atoms with Crippen molar-refractivity contribution in [3.05, 3.63) is 84.4 Å². The standard InChI is InChI=1S/C24H28N4O/c1-19(20-10-12-22(13-11-20)28-17-14-25-18-28)26-23(21-8-4-2-5-9-21)24(29)27-15-6-3-7-16-27/h2,4-5,8-14,17-19,23,26H,3,6-7,15-16H2,1H3. The van der Waals surface area contributed by atoms with Crippen LogP contribution in [0.2, 0.25) is 0 Å². The maximum Gasteiger partial charge on any atom is 0.244 e. The summed E-state index contributed by atoms with van der Waals surface area (Å²) >= 11 is 0. The first-order chi connectivity index (χ1) is 14.2. The number of aromatic nitrogens is 2. The highest BCUT2D eigenvalue weighted by Gasteiger charge is 2.28. The number of carbonyl (C=O) groups excluding carboxylic acids is 1. The zero-order valence-electron chi connectivity index (χ0n) is 16.9. The lowest BCUT2D eigenvalue weighted by Crippen LogP contribution is -2.43. The van der Waals surface area contributed by atoms with E-state index in [-0.39, 0.29) is 18.0 Å². The largest absolute Gasteiger partial charge is 0.341 e. The summed E-state index contributed by atoms with van der Waals surface area (Å²) in [5.41, 5.74) is 3.24. The van der Waals surface area contributed by atoms with Gasteiger partial charge in [-0.1, -0.05) is 42.5 Å². The molecule has 0 saturated carbocycles. The van der Waals surface area contributed by atoms with Crippen LogP contribution in [0.4, 0.5) is 0 Å². The van der Waals surface area contributed by atoms with Crippen LogP contribution in [0, 0.1) is 0 Å². The number of hydrogen-bond acceptors (Lipinski definition) is 3. The molecular weight excluding hydrogens is 360 g/mol. The topological polar surface area (TPSA) is 50.2 Å². The summed E-state index contributed by atoms with van der Waals surface area (Å²) in [6, 6.07) is 18.2. The predicted octanol–water partition coefficient (Wildman–Crippen LogP) is 4.28. The van der Waals surface area contributed by atoms with Crippen molar-refractivity contribution in [3.63, 3.8) is 0 Å². The van der Waals surface area contributed by atoms with Crippen LogP contribution in [0.5, 0.6) is 0 Å². The third-order valence-corrected chi connectivity index (χ3v) is 5.66. The molecule has 1 aliphatic rings. The molecule has 0 aliphatic carbocycles. The van der Waals surface area contributed by atoms with Gasteiger partial charge in [0.2, 0.25) is 5.91 Å². The fraction of sp³-hybridized carbons (Fsp3) is 0.333. The van der Waals surface area contributed by atoms with E-state index in [0.717, 1.165) is 42.7 Å². The quantitative estimate of drug-likeness (QED) is 0.686. The zero-order valence-corrected chi connectivity index (χ0v) is 16.9. The number of imidazole rings is 1. The van der Waals surface area contributed by atoms with E-state index in [1.807, 2.05) is 46.0 Å². The van der Waals surface area contributed by atoms with Crippen LogP contribution in [-0.4, -0.2) is 33.4 Å². The SMILES string of the molecule is CC(NC(C(=O)N1CCCCC1)c1ccccc1)c1ccc(-n2ccnc2)cc1. The molecule has 2 heterocycles. The minimum atomic E-state index is -0.336. The van der Waals surface area contributed by atoms with Crippen molar-refractivity contribution in [1.82, 2.24) is 19.8 Å². The van der Waals surface area contributed by atoms with Gasteiger partial charge in [0, 0.05) is 37.2 Å². The number of nitrogens with one attached hydrogen (secondary N) is 1. The molecule has 1 aromatic heterocycles. The summed E-state index contributed by atoms with van der Waals surface area (Å²) in [7, 11) is 0. The van der Waals surface area contributed by atoms with E-state index in [9.17, 15) is 4.79 Å². The second kappa shape index (κ2) is 9.05. The van der Waals surface area contributed by atoms with Crippen molar-refractivity contribution >= 4 is 5.91 Å². The van der Waals surface area contributed by atoms with Gasteiger partial charge in [0.25, 0.3) is 0 Å². The molecule has 150 valence electrons. The molecule has 3 aromatic rings. The maximum atomic E-state index is 13.3. The molecule has 2 aromatic carbocycles. The Morgan fingerprint density at radius 3 is 2.34 bits per heavy atom. The third-order valence-electron chi connectivity index (χ3n) is 5.66. The third kappa shape index (κ3) is 4.57. The van der Waals surface area contributed by atoms with Gasteiger partial charge in [0.05, 0.1) is 6.33 Å². The molecule has 4 rings (SSSR count). The second-order valence-corrected chi connectivity index (χ2v) is 7.68. The molecular formula is C24H28N4O. The number of benzene rings is 2. The van der Waals surface area contributed by atoms with E-state index < -0.39 is 0 Å². The molecule has 0 radical (unpaired) electrons. The van der Waals surface area contributed by atoms with E-state index in [4.69, 9.17) is 0 Å². The summed E-state index contributed by atoms with van der Waals surface area (Å²) in [5, 5.41) is 3.59. The van der Waals surface area contributed by atoms with Crippen molar-refractivity contribution < 1.29 is 4.79 Å². The van der Waals surface area contributed by atoms with E-state index in [0.29, 0.717) is 0 Å². The molecule has 2 atom stereocenters. The Bertz CT molecular complexity index is 900. The van der Waals surface area contributed by atoms with Crippen LogP contribution in [0.3, 0.4) is 0 Å². The van der Waals surface area contributed by atoms with Crippen molar-refractivity contribution in [1.29, 1.82) is 0 Å². The number of hydrogen-bond donors (Lipinski definition) is 1. The molecule has 1 fully saturated rings. The van der Waals surface area contributed by atoms with Crippen molar-refractivity contribution in [2.45, 2.75) is 38.3 Å². The predicted molar refractivity (Wildman–Crippen MR) is 115 cm³/mol. The first-order valence-corrected chi connectivity index (χ1v) is 10.4. The number of piperidine rings is 1. The van der Waals surface area contributed by atoms with Crippen molar-refractivity contribution in [2.75, 3.05) is 13.1 Å². The number of carbonyl (C=O) groups is 1. The summed E-state index contributed by atoms with van der Waals surface area (Å²) < 4.78 is 1.98. The van der Waals surface area contributed by atoms with Gasteiger partial charge >= 0.3 is 0 Å². The van der Waals surface area contributed by atoms with E-state index in [1.165, 1.54) is 6.42 Å². The molecule has 1 aliphatic heterocycles. The molecule has 5 heteroatoms. The van der Waals surface area contributed by atoms with Crippen LogP contribution in [0.15, 0.2) is 73.3 Å². The lowest BCUT2D eigenvalue weighted by atomic mass is 10.0. The average molecular weight is 389 g/mol. The number of amides is 1. The molecule has 5 nitrogen and oxygen atoms in total. The minimum Gasteiger partial charge on any atom is -0.341 e. The summed E-state index contributed by atoms with van der Waals surface area (Å²) in [5.74, 6) is 0.179. The summed E-state index contributed by atoms with van der Waals surface area (Å²) in [6.07, 6.45) is 8.90.